The summed E-state index contributed by atoms with van der Waals surface area (Å²) in [6, 6.07) is 7.97. The molecule has 0 amide bonds. The summed E-state index contributed by atoms with van der Waals surface area (Å²) in [6.07, 6.45) is 3.77. The van der Waals surface area contributed by atoms with E-state index in [1.54, 1.807) is 4.57 Å². The van der Waals surface area contributed by atoms with E-state index in [9.17, 15) is 5.11 Å². The van der Waals surface area contributed by atoms with Gasteiger partial charge in [-0.05, 0) is 19.1 Å². The molecule has 1 aromatic heterocycles. The van der Waals surface area contributed by atoms with Crippen molar-refractivity contribution in [3.63, 3.8) is 0 Å². The first-order valence-electron chi connectivity index (χ1n) is 6.93. The molecule has 0 unspecified atom stereocenters. The van der Waals surface area contributed by atoms with Gasteiger partial charge in [0, 0.05) is 38.0 Å². The maximum atomic E-state index is 10.3. The summed E-state index contributed by atoms with van der Waals surface area (Å²) < 4.78 is 3.58. The second kappa shape index (κ2) is 5.09. The molecule has 1 aliphatic heterocycles. The molecule has 0 aliphatic carbocycles. The molecule has 108 valence electrons. The fourth-order valence-corrected chi connectivity index (χ4v) is 2.57. The molecule has 1 aliphatic rings. The molecule has 0 saturated carbocycles. The molecule has 0 spiro atoms. The lowest BCUT2D eigenvalue weighted by molar-refractivity contribution is 0.427. The predicted octanol–water partition coefficient (Wildman–Crippen LogP) is 2.25. The highest BCUT2D eigenvalue weighted by molar-refractivity contribution is 6.21. The molecule has 0 fully saturated rings. The highest BCUT2D eigenvalue weighted by Crippen LogP contribution is 2.33. The first kappa shape index (κ1) is 13.4. The monoisotopic (exact) mass is 282 g/mol. The molecule has 0 bridgehead atoms. The SMILES string of the molecule is CCN=c1n(C)c(O)c(C=C2C=Nc3ccccc32)n1C. The average molecular weight is 282 g/mol. The summed E-state index contributed by atoms with van der Waals surface area (Å²) >= 11 is 0. The van der Waals surface area contributed by atoms with Gasteiger partial charge in [-0.3, -0.25) is 14.6 Å². The molecule has 2 heterocycles. The van der Waals surface area contributed by atoms with Crippen LogP contribution < -0.4 is 5.62 Å². The normalized spacial score (nSPS) is 16.0. The Hall–Kier alpha value is -2.56. The molecule has 0 saturated heterocycles. The van der Waals surface area contributed by atoms with Crippen molar-refractivity contribution in [2.45, 2.75) is 6.92 Å². The summed E-state index contributed by atoms with van der Waals surface area (Å²) in [5.41, 5.74) is 4.49. The van der Waals surface area contributed by atoms with Crippen molar-refractivity contribution in [1.82, 2.24) is 9.13 Å². The molecular formula is C16H18N4O. The van der Waals surface area contributed by atoms with Gasteiger partial charge in [0.15, 0.2) is 0 Å². The average Bonchev–Trinajstić information content (AvgIpc) is 2.98. The van der Waals surface area contributed by atoms with Crippen LogP contribution in [0.1, 0.15) is 18.2 Å². The third-order valence-corrected chi connectivity index (χ3v) is 3.66. The molecule has 1 N–H and O–H groups in total. The quantitative estimate of drug-likeness (QED) is 0.902. The molecule has 0 atom stereocenters. The number of aliphatic imine (C=N–C) groups is 1. The molecular weight excluding hydrogens is 264 g/mol. The van der Waals surface area contributed by atoms with Crippen LogP contribution in [0.25, 0.3) is 11.6 Å². The number of para-hydroxylation sites is 1. The van der Waals surface area contributed by atoms with Crippen LogP contribution in [0, 0.1) is 0 Å². The van der Waals surface area contributed by atoms with Gasteiger partial charge in [0.05, 0.1) is 5.69 Å². The van der Waals surface area contributed by atoms with Crippen molar-refractivity contribution in [1.29, 1.82) is 0 Å². The maximum Gasteiger partial charge on any atom is 0.218 e. The molecule has 5 heteroatoms. The van der Waals surface area contributed by atoms with Crippen LogP contribution in [0.5, 0.6) is 5.88 Å². The number of rotatable bonds is 2. The Balaban J connectivity index is 2.17. The van der Waals surface area contributed by atoms with Gasteiger partial charge in [-0.1, -0.05) is 18.2 Å². The number of nitrogens with zero attached hydrogens (tertiary/aromatic N) is 4. The van der Waals surface area contributed by atoms with E-state index < -0.39 is 0 Å². The van der Waals surface area contributed by atoms with Gasteiger partial charge in [0.25, 0.3) is 0 Å². The van der Waals surface area contributed by atoms with Crippen LogP contribution in [0.3, 0.4) is 0 Å². The lowest BCUT2D eigenvalue weighted by Gasteiger charge is -2.01. The Morgan fingerprint density at radius 1 is 1.24 bits per heavy atom. The topological polar surface area (TPSA) is 54.8 Å². The molecule has 1 aromatic carbocycles. The molecule has 0 radical (unpaired) electrons. The molecule has 5 nitrogen and oxygen atoms in total. The van der Waals surface area contributed by atoms with Crippen molar-refractivity contribution in [2.24, 2.45) is 24.1 Å². The van der Waals surface area contributed by atoms with E-state index in [0.29, 0.717) is 6.54 Å². The van der Waals surface area contributed by atoms with Gasteiger partial charge < -0.3 is 9.67 Å². The number of imidazole rings is 1. The van der Waals surface area contributed by atoms with Crippen LogP contribution in [-0.2, 0) is 14.1 Å². The number of fused-ring (bicyclic) bond motifs is 1. The van der Waals surface area contributed by atoms with E-state index in [2.05, 4.69) is 9.98 Å². The minimum atomic E-state index is 0.204. The lowest BCUT2D eigenvalue weighted by Crippen LogP contribution is -2.22. The number of aromatic nitrogens is 2. The van der Waals surface area contributed by atoms with Crippen LogP contribution in [-0.4, -0.2) is 27.0 Å². The highest BCUT2D eigenvalue weighted by atomic mass is 16.3. The third-order valence-electron chi connectivity index (χ3n) is 3.66. The van der Waals surface area contributed by atoms with E-state index in [1.165, 1.54) is 0 Å². The van der Waals surface area contributed by atoms with Crippen molar-refractivity contribution in [3.05, 3.63) is 41.1 Å². The first-order valence-corrected chi connectivity index (χ1v) is 6.93. The number of hydrogen-bond acceptors (Lipinski definition) is 3. The standard InChI is InChI=1S/C16H18N4O/c1-4-17-16-19(2)14(15(21)20(16)3)9-11-10-18-13-8-6-5-7-12(11)13/h5-10,21H,4H2,1-3H3. The van der Waals surface area contributed by atoms with E-state index in [0.717, 1.165) is 28.1 Å². The smallest absolute Gasteiger partial charge is 0.218 e. The molecule has 2 aromatic rings. The van der Waals surface area contributed by atoms with Gasteiger partial charge in [0.2, 0.25) is 11.5 Å². The van der Waals surface area contributed by atoms with E-state index in [-0.39, 0.29) is 5.88 Å². The minimum absolute atomic E-state index is 0.204. The Morgan fingerprint density at radius 2 is 2.00 bits per heavy atom. The zero-order valence-electron chi connectivity index (χ0n) is 12.4. The summed E-state index contributed by atoms with van der Waals surface area (Å²) in [4.78, 5) is 8.80. The first-order chi connectivity index (χ1) is 10.1. The van der Waals surface area contributed by atoms with Gasteiger partial charge >= 0.3 is 0 Å². The van der Waals surface area contributed by atoms with Gasteiger partial charge in [-0.2, -0.15) is 0 Å². The zero-order valence-corrected chi connectivity index (χ0v) is 12.4. The fourth-order valence-electron chi connectivity index (χ4n) is 2.57. The zero-order chi connectivity index (χ0) is 15.0. The lowest BCUT2D eigenvalue weighted by atomic mass is 10.1. The highest BCUT2D eigenvalue weighted by Gasteiger charge is 2.15. The Labute approximate surface area is 123 Å². The predicted molar refractivity (Wildman–Crippen MR) is 84.6 cm³/mol. The summed E-state index contributed by atoms with van der Waals surface area (Å²) in [7, 11) is 3.71. The number of benzene rings is 1. The fraction of sp³-hybridized carbons (Fsp3) is 0.250. The number of allylic oxidation sites excluding steroid dienone is 1. The second-order valence-electron chi connectivity index (χ2n) is 4.98. The van der Waals surface area contributed by atoms with E-state index in [1.807, 2.05) is 62.1 Å². The largest absolute Gasteiger partial charge is 0.493 e. The van der Waals surface area contributed by atoms with E-state index >= 15 is 0 Å². The number of aromatic hydroxyl groups is 1. The Morgan fingerprint density at radius 3 is 2.76 bits per heavy atom. The van der Waals surface area contributed by atoms with E-state index in [4.69, 9.17) is 0 Å². The number of hydrogen-bond donors (Lipinski definition) is 1. The minimum Gasteiger partial charge on any atom is -0.493 e. The van der Waals surface area contributed by atoms with Crippen LogP contribution >= 0.6 is 0 Å². The Kier molecular flexibility index (Phi) is 3.25. The summed E-state index contributed by atoms with van der Waals surface area (Å²) in [6.45, 7) is 2.65. The van der Waals surface area contributed by atoms with Crippen LogP contribution in [0.4, 0.5) is 5.69 Å². The van der Waals surface area contributed by atoms with Gasteiger partial charge in [-0.25, -0.2) is 0 Å². The Bertz CT molecular complexity index is 821. The molecule has 3 rings (SSSR count). The van der Waals surface area contributed by atoms with Gasteiger partial charge in [-0.15, -0.1) is 0 Å². The third kappa shape index (κ3) is 2.11. The molecule has 21 heavy (non-hydrogen) atoms. The van der Waals surface area contributed by atoms with Crippen molar-refractivity contribution in [3.8, 4) is 5.88 Å². The maximum absolute atomic E-state index is 10.3. The van der Waals surface area contributed by atoms with Gasteiger partial charge in [0.1, 0.15) is 5.69 Å². The summed E-state index contributed by atoms with van der Waals surface area (Å²) in [5, 5.41) is 10.3. The van der Waals surface area contributed by atoms with Crippen molar-refractivity contribution in [2.75, 3.05) is 6.54 Å². The second-order valence-corrected chi connectivity index (χ2v) is 4.98. The van der Waals surface area contributed by atoms with Crippen LogP contribution in [0.2, 0.25) is 0 Å². The van der Waals surface area contributed by atoms with Crippen LogP contribution in [0.15, 0.2) is 34.3 Å². The van der Waals surface area contributed by atoms with Crippen molar-refractivity contribution < 1.29 is 5.11 Å². The summed E-state index contributed by atoms with van der Waals surface area (Å²) in [5.74, 6) is 0.204. The van der Waals surface area contributed by atoms with Crippen molar-refractivity contribution >= 4 is 23.6 Å².